The van der Waals surface area contributed by atoms with Gasteiger partial charge in [-0.15, -0.1) is 0 Å². The van der Waals surface area contributed by atoms with Gasteiger partial charge in [0.2, 0.25) is 0 Å². The van der Waals surface area contributed by atoms with E-state index in [9.17, 15) is 19.3 Å². The highest BCUT2D eigenvalue weighted by molar-refractivity contribution is 6.05. The van der Waals surface area contributed by atoms with Crippen molar-refractivity contribution >= 4 is 5.71 Å². The lowest BCUT2D eigenvalue weighted by Gasteiger charge is -2.31. The lowest BCUT2D eigenvalue weighted by Crippen LogP contribution is -2.47. The van der Waals surface area contributed by atoms with Crippen LogP contribution >= 0.6 is 0 Å². The van der Waals surface area contributed by atoms with E-state index in [-0.39, 0.29) is 24.4 Å². The van der Waals surface area contributed by atoms with Crippen LogP contribution in [0.25, 0.3) is 0 Å². The van der Waals surface area contributed by atoms with Crippen LogP contribution in [0.15, 0.2) is 64.9 Å². The van der Waals surface area contributed by atoms with Crippen molar-refractivity contribution < 1.29 is 8.78 Å². The maximum atomic E-state index is 13.5. The van der Waals surface area contributed by atoms with Gasteiger partial charge >= 0.3 is 0 Å². The molecule has 7 heteroatoms. The predicted molar refractivity (Wildman–Crippen MR) is 95.7 cm³/mol. The molecule has 2 aromatic rings. The summed E-state index contributed by atoms with van der Waals surface area (Å²) in [6.45, 7) is 0. The molecule has 0 saturated heterocycles. The number of nitrogens with zero attached hydrogens (tertiary/aromatic N) is 4. The van der Waals surface area contributed by atoms with E-state index in [4.69, 9.17) is 5.84 Å². The molecule has 1 atom stereocenters. The van der Waals surface area contributed by atoms with Crippen LogP contribution in [0.5, 0.6) is 0 Å². The van der Waals surface area contributed by atoms with Gasteiger partial charge in [0.25, 0.3) is 0 Å². The first-order valence-corrected chi connectivity index (χ1v) is 8.15. The highest BCUT2D eigenvalue weighted by Gasteiger charge is 2.30. The SMILES string of the molecule is N#CC1=NC(Cc2cccc(F)c2)=C(Cc2cccc(F)c2)N(N)C1C#N. The summed E-state index contributed by atoms with van der Waals surface area (Å²) < 4.78 is 27.1. The third-order valence-corrected chi connectivity index (χ3v) is 4.20. The third kappa shape index (κ3) is 4.00. The quantitative estimate of drug-likeness (QED) is 0.846. The van der Waals surface area contributed by atoms with Crippen LogP contribution < -0.4 is 5.84 Å². The summed E-state index contributed by atoms with van der Waals surface area (Å²) in [6.07, 6.45) is 0.443. The van der Waals surface area contributed by atoms with Crippen molar-refractivity contribution in [2.45, 2.75) is 18.9 Å². The van der Waals surface area contributed by atoms with Gasteiger partial charge in [0.1, 0.15) is 17.7 Å². The molecule has 2 aromatic carbocycles. The second-order valence-corrected chi connectivity index (χ2v) is 6.05. The Balaban J connectivity index is 2.06. The number of halogens is 2. The van der Waals surface area contributed by atoms with Crippen molar-refractivity contribution in [1.82, 2.24) is 5.01 Å². The number of nitriles is 2. The fraction of sp³-hybridized carbons (Fsp3) is 0.150. The minimum Gasteiger partial charge on any atom is -0.289 e. The third-order valence-electron chi connectivity index (χ3n) is 4.20. The smallest absolute Gasteiger partial charge is 0.183 e. The summed E-state index contributed by atoms with van der Waals surface area (Å²) in [4.78, 5) is 4.30. The Kier molecular flexibility index (Phi) is 5.25. The van der Waals surface area contributed by atoms with Crippen molar-refractivity contribution in [3.63, 3.8) is 0 Å². The molecule has 1 aliphatic rings. The zero-order valence-corrected chi connectivity index (χ0v) is 14.2. The van der Waals surface area contributed by atoms with E-state index in [0.29, 0.717) is 22.5 Å². The maximum absolute atomic E-state index is 13.5. The largest absolute Gasteiger partial charge is 0.289 e. The molecule has 3 rings (SSSR count). The van der Waals surface area contributed by atoms with Gasteiger partial charge in [0.05, 0.1) is 17.5 Å². The van der Waals surface area contributed by atoms with E-state index >= 15 is 0 Å². The minimum atomic E-state index is -1.03. The van der Waals surface area contributed by atoms with Crippen molar-refractivity contribution in [2.24, 2.45) is 10.8 Å². The van der Waals surface area contributed by atoms with Gasteiger partial charge in [-0.3, -0.25) is 5.01 Å². The number of nitrogens with two attached hydrogens (primary N) is 1. The zero-order chi connectivity index (χ0) is 19.4. The summed E-state index contributed by atoms with van der Waals surface area (Å²) in [5.41, 5.74) is 2.18. The van der Waals surface area contributed by atoms with Crippen LogP contribution in [0.1, 0.15) is 11.1 Å². The van der Waals surface area contributed by atoms with Crippen LogP contribution in [-0.4, -0.2) is 16.8 Å². The van der Waals surface area contributed by atoms with Gasteiger partial charge in [-0.25, -0.2) is 19.6 Å². The average molecular weight is 363 g/mol. The number of benzene rings is 2. The molecule has 0 saturated carbocycles. The number of aliphatic imine (C=N–C) groups is 1. The van der Waals surface area contributed by atoms with Crippen LogP contribution in [-0.2, 0) is 12.8 Å². The molecular weight excluding hydrogens is 348 g/mol. The van der Waals surface area contributed by atoms with Crippen LogP contribution in [0, 0.1) is 34.3 Å². The van der Waals surface area contributed by atoms with Crippen molar-refractivity contribution in [3.05, 3.63) is 82.7 Å². The lowest BCUT2D eigenvalue weighted by molar-refractivity contribution is 0.342. The molecule has 0 spiro atoms. The van der Waals surface area contributed by atoms with Crippen LogP contribution in [0.3, 0.4) is 0 Å². The van der Waals surface area contributed by atoms with Crippen LogP contribution in [0.4, 0.5) is 8.78 Å². The number of rotatable bonds is 4. The van der Waals surface area contributed by atoms with E-state index in [1.54, 1.807) is 24.3 Å². The first kappa shape index (κ1) is 18.2. The second kappa shape index (κ2) is 7.77. The average Bonchev–Trinajstić information content (AvgIpc) is 2.64. The molecule has 27 heavy (non-hydrogen) atoms. The normalized spacial score (nSPS) is 16.6. The maximum Gasteiger partial charge on any atom is 0.183 e. The number of hydrogen-bond acceptors (Lipinski definition) is 5. The molecule has 1 aliphatic heterocycles. The molecule has 134 valence electrons. The Bertz CT molecular complexity index is 1010. The van der Waals surface area contributed by atoms with E-state index < -0.39 is 11.9 Å². The van der Waals surface area contributed by atoms with Gasteiger partial charge < -0.3 is 0 Å². The van der Waals surface area contributed by atoms with Gasteiger partial charge in [-0.05, 0) is 35.4 Å². The highest BCUT2D eigenvalue weighted by Crippen LogP contribution is 2.26. The summed E-state index contributed by atoms with van der Waals surface area (Å²) in [5, 5.41) is 19.9. The minimum absolute atomic E-state index is 0.0330. The molecule has 1 heterocycles. The van der Waals surface area contributed by atoms with Gasteiger partial charge in [-0.1, -0.05) is 24.3 Å². The van der Waals surface area contributed by atoms with E-state index in [1.807, 2.05) is 12.1 Å². The Morgan fingerprint density at radius 3 is 2.11 bits per heavy atom. The predicted octanol–water partition coefficient (Wildman–Crippen LogP) is 3.01. The Hall–Kier alpha value is -3.55. The Labute approximate surface area is 155 Å². The highest BCUT2D eigenvalue weighted by atomic mass is 19.1. The fourth-order valence-electron chi connectivity index (χ4n) is 2.93. The standard InChI is InChI=1S/C20H15F2N5/c21-15-5-1-3-13(7-15)9-17-19(10-14-4-2-6-16(22)8-14)27(25)20(12-24)18(11-23)26-17/h1-8,20H,9-10,25H2. The van der Waals surface area contributed by atoms with Gasteiger partial charge in [-0.2, -0.15) is 10.5 Å². The molecule has 0 radical (unpaired) electrons. The van der Waals surface area contributed by atoms with Crippen molar-refractivity contribution in [2.75, 3.05) is 0 Å². The lowest BCUT2D eigenvalue weighted by atomic mass is 10.00. The van der Waals surface area contributed by atoms with E-state index in [1.165, 1.54) is 29.3 Å². The molecule has 2 N–H and O–H groups in total. The summed E-state index contributed by atoms with van der Waals surface area (Å²) in [7, 11) is 0. The van der Waals surface area contributed by atoms with Crippen molar-refractivity contribution in [1.29, 1.82) is 10.5 Å². The Morgan fingerprint density at radius 1 is 1.00 bits per heavy atom. The van der Waals surface area contributed by atoms with E-state index in [2.05, 4.69) is 4.99 Å². The molecule has 1 unspecified atom stereocenters. The molecule has 0 bridgehead atoms. The molecular formula is C20H15F2N5. The second-order valence-electron chi connectivity index (χ2n) is 6.05. The summed E-state index contributed by atoms with van der Waals surface area (Å²) in [5.74, 6) is 5.33. The van der Waals surface area contributed by atoms with Gasteiger partial charge in [0, 0.05) is 12.8 Å². The molecule has 0 amide bonds. The number of hydrogen-bond donors (Lipinski definition) is 1. The monoisotopic (exact) mass is 363 g/mol. The molecule has 0 aliphatic carbocycles. The van der Waals surface area contributed by atoms with Crippen molar-refractivity contribution in [3.8, 4) is 12.1 Å². The number of hydrazine groups is 1. The first-order chi connectivity index (χ1) is 13.0. The topological polar surface area (TPSA) is 89.2 Å². The van der Waals surface area contributed by atoms with E-state index in [0.717, 1.165) is 0 Å². The molecule has 0 fully saturated rings. The summed E-state index contributed by atoms with van der Waals surface area (Å²) in [6, 6.07) is 14.8. The summed E-state index contributed by atoms with van der Waals surface area (Å²) >= 11 is 0. The first-order valence-electron chi connectivity index (χ1n) is 8.15. The van der Waals surface area contributed by atoms with Crippen LogP contribution in [0.2, 0.25) is 0 Å². The zero-order valence-electron chi connectivity index (χ0n) is 14.2. The molecule has 0 aromatic heterocycles. The Morgan fingerprint density at radius 2 is 1.59 bits per heavy atom. The van der Waals surface area contributed by atoms with Gasteiger partial charge in [0.15, 0.2) is 11.8 Å². The fourth-order valence-corrected chi connectivity index (χ4v) is 2.93. The number of allylic oxidation sites excluding steroid dienone is 2. The molecule has 5 nitrogen and oxygen atoms in total.